The number of nitrogens with two attached hydrogens (primary N) is 1. The second-order valence-corrected chi connectivity index (χ2v) is 3.45. The minimum atomic E-state index is -4.85. The molecule has 0 saturated heterocycles. The zero-order valence-corrected chi connectivity index (χ0v) is 9.13. The van der Waals surface area contributed by atoms with Crippen molar-refractivity contribution in [3.8, 4) is 11.9 Å². The van der Waals surface area contributed by atoms with E-state index in [4.69, 9.17) is 11.0 Å². The van der Waals surface area contributed by atoms with Crippen LogP contribution in [0.5, 0.6) is 5.88 Å². The van der Waals surface area contributed by atoms with E-state index in [1.54, 1.807) is 28.7 Å². The van der Waals surface area contributed by atoms with E-state index in [-0.39, 0.29) is 11.4 Å². The molecule has 0 aliphatic heterocycles. The van der Waals surface area contributed by atoms with Crippen molar-refractivity contribution >= 4 is 28.3 Å². The molecule has 0 aromatic carbocycles. The Morgan fingerprint density at radius 2 is 2.13 bits per heavy atom. The SMILES string of the molecule is N#Cc1nc(OC(F)(F)F)cc(N)c1I. The van der Waals surface area contributed by atoms with Crippen LogP contribution in [0.4, 0.5) is 18.9 Å². The van der Waals surface area contributed by atoms with Gasteiger partial charge in [0.15, 0.2) is 5.69 Å². The fourth-order valence-corrected chi connectivity index (χ4v) is 1.17. The van der Waals surface area contributed by atoms with Crippen LogP contribution in [0, 0.1) is 14.9 Å². The summed E-state index contributed by atoms with van der Waals surface area (Å²) in [5.74, 6) is -0.739. The van der Waals surface area contributed by atoms with Gasteiger partial charge in [0, 0.05) is 6.07 Å². The highest BCUT2D eigenvalue weighted by molar-refractivity contribution is 14.1. The molecule has 0 amide bonds. The number of ether oxygens (including phenoxy) is 1. The number of nitrogens with zero attached hydrogens (tertiary/aromatic N) is 2. The zero-order chi connectivity index (χ0) is 11.6. The molecule has 1 rings (SSSR count). The monoisotopic (exact) mass is 329 g/mol. The van der Waals surface area contributed by atoms with Crippen LogP contribution in [0.1, 0.15) is 5.69 Å². The van der Waals surface area contributed by atoms with E-state index in [1.165, 1.54) is 0 Å². The van der Waals surface area contributed by atoms with E-state index in [0.717, 1.165) is 6.07 Å². The second kappa shape index (κ2) is 4.09. The van der Waals surface area contributed by atoms with Crippen molar-refractivity contribution in [2.75, 3.05) is 5.73 Å². The van der Waals surface area contributed by atoms with Crippen LogP contribution in [-0.2, 0) is 0 Å². The summed E-state index contributed by atoms with van der Waals surface area (Å²) >= 11 is 1.71. The molecule has 2 N–H and O–H groups in total. The molecule has 0 bridgehead atoms. The molecular formula is C7H3F3IN3O. The maximum atomic E-state index is 11.8. The van der Waals surface area contributed by atoms with E-state index >= 15 is 0 Å². The van der Waals surface area contributed by atoms with E-state index in [0.29, 0.717) is 3.57 Å². The van der Waals surface area contributed by atoms with Crippen LogP contribution in [0.25, 0.3) is 0 Å². The molecule has 8 heteroatoms. The molecule has 80 valence electrons. The summed E-state index contributed by atoms with van der Waals surface area (Å²) in [6.45, 7) is 0. The number of hydrogen-bond acceptors (Lipinski definition) is 4. The Bertz CT molecular complexity index is 427. The quantitative estimate of drug-likeness (QED) is 0.801. The fraction of sp³-hybridized carbons (Fsp3) is 0.143. The van der Waals surface area contributed by atoms with Gasteiger partial charge in [0.25, 0.3) is 0 Å². The highest BCUT2D eigenvalue weighted by Crippen LogP contribution is 2.26. The molecule has 0 fully saturated rings. The Hall–Kier alpha value is -1.24. The maximum Gasteiger partial charge on any atom is 0.574 e. The van der Waals surface area contributed by atoms with E-state index in [2.05, 4.69) is 9.72 Å². The Balaban J connectivity index is 3.13. The Morgan fingerprint density at radius 3 is 2.60 bits per heavy atom. The maximum absolute atomic E-state index is 11.8. The number of halogens is 4. The average molecular weight is 329 g/mol. The standard InChI is InChI=1S/C7H3F3IN3O/c8-7(9,10)15-5-1-3(13)6(11)4(2-12)14-5/h1H,(H2,13,14). The first kappa shape index (κ1) is 11.8. The number of hydrogen-bond donors (Lipinski definition) is 1. The van der Waals surface area contributed by atoms with Gasteiger partial charge in [-0.3, -0.25) is 0 Å². The van der Waals surface area contributed by atoms with Crippen molar-refractivity contribution in [3.63, 3.8) is 0 Å². The van der Waals surface area contributed by atoms with Crippen LogP contribution in [-0.4, -0.2) is 11.3 Å². The van der Waals surface area contributed by atoms with Gasteiger partial charge in [0.1, 0.15) is 6.07 Å². The van der Waals surface area contributed by atoms with Gasteiger partial charge in [0.05, 0.1) is 9.26 Å². The van der Waals surface area contributed by atoms with Crippen molar-refractivity contribution in [1.82, 2.24) is 4.98 Å². The van der Waals surface area contributed by atoms with Crippen molar-refractivity contribution in [2.24, 2.45) is 0 Å². The van der Waals surface area contributed by atoms with Crippen LogP contribution in [0.15, 0.2) is 6.07 Å². The summed E-state index contributed by atoms with van der Waals surface area (Å²) in [4.78, 5) is 3.35. The Labute approximate surface area is 96.0 Å². The fourth-order valence-electron chi connectivity index (χ4n) is 0.770. The summed E-state index contributed by atoms with van der Waals surface area (Å²) in [6, 6.07) is 2.53. The van der Waals surface area contributed by atoms with Crippen LogP contribution in [0.2, 0.25) is 0 Å². The number of nitriles is 1. The summed E-state index contributed by atoms with van der Waals surface area (Å²) in [6.07, 6.45) is -4.85. The Kier molecular flexibility index (Phi) is 3.23. The topological polar surface area (TPSA) is 71.9 Å². The van der Waals surface area contributed by atoms with Gasteiger partial charge in [-0.15, -0.1) is 13.2 Å². The molecule has 0 aliphatic rings. The molecule has 1 aromatic rings. The van der Waals surface area contributed by atoms with Gasteiger partial charge in [-0.2, -0.15) is 5.26 Å². The number of rotatable bonds is 1. The predicted molar refractivity (Wildman–Crippen MR) is 52.8 cm³/mol. The van der Waals surface area contributed by atoms with E-state index < -0.39 is 12.2 Å². The first-order valence-corrected chi connectivity index (χ1v) is 4.53. The van der Waals surface area contributed by atoms with E-state index in [9.17, 15) is 13.2 Å². The van der Waals surface area contributed by atoms with Gasteiger partial charge >= 0.3 is 6.36 Å². The van der Waals surface area contributed by atoms with Crippen LogP contribution in [0.3, 0.4) is 0 Å². The largest absolute Gasteiger partial charge is 0.574 e. The second-order valence-electron chi connectivity index (χ2n) is 2.37. The van der Waals surface area contributed by atoms with Gasteiger partial charge in [-0.05, 0) is 22.6 Å². The molecule has 1 aromatic heterocycles. The highest BCUT2D eigenvalue weighted by atomic mass is 127. The van der Waals surface area contributed by atoms with Gasteiger partial charge < -0.3 is 10.5 Å². The molecule has 1 heterocycles. The number of alkyl halides is 3. The molecule has 0 radical (unpaired) electrons. The van der Waals surface area contributed by atoms with Crippen molar-refractivity contribution in [2.45, 2.75) is 6.36 Å². The molecule has 15 heavy (non-hydrogen) atoms. The van der Waals surface area contributed by atoms with Gasteiger partial charge in [-0.1, -0.05) is 0 Å². The average Bonchev–Trinajstić information content (AvgIpc) is 2.08. The van der Waals surface area contributed by atoms with Gasteiger partial charge in [-0.25, -0.2) is 4.98 Å². The third-order valence-corrected chi connectivity index (χ3v) is 2.42. The van der Waals surface area contributed by atoms with Crippen LogP contribution >= 0.6 is 22.6 Å². The summed E-state index contributed by atoms with van der Waals surface area (Å²) in [5.41, 5.74) is 5.19. The molecule has 0 atom stereocenters. The highest BCUT2D eigenvalue weighted by Gasteiger charge is 2.32. The number of aromatic nitrogens is 1. The lowest BCUT2D eigenvalue weighted by atomic mass is 10.3. The normalized spacial score (nSPS) is 10.9. The van der Waals surface area contributed by atoms with Crippen molar-refractivity contribution in [1.29, 1.82) is 5.26 Å². The lowest BCUT2D eigenvalue weighted by Gasteiger charge is -2.09. The third-order valence-electron chi connectivity index (χ3n) is 1.29. The molecule has 4 nitrogen and oxygen atoms in total. The lowest BCUT2D eigenvalue weighted by molar-refractivity contribution is -0.276. The molecular weight excluding hydrogens is 326 g/mol. The third kappa shape index (κ3) is 3.12. The molecule has 0 aliphatic carbocycles. The minimum Gasteiger partial charge on any atom is -0.398 e. The molecule has 0 spiro atoms. The Morgan fingerprint density at radius 1 is 1.53 bits per heavy atom. The number of nitrogen functional groups attached to an aromatic ring is 1. The molecule has 0 unspecified atom stereocenters. The first-order chi connectivity index (χ1) is 6.83. The number of anilines is 1. The smallest absolute Gasteiger partial charge is 0.398 e. The van der Waals surface area contributed by atoms with Crippen molar-refractivity contribution in [3.05, 3.63) is 15.3 Å². The predicted octanol–water partition coefficient (Wildman–Crippen LogP) is 2.04. The first-order valence-electron chi connectivity index (χ1n) is 3.45. The summed E-state index contributed by atoms with van der Waals surface area (Å²) < 4.78 is 39.3. The van der Waals surface area contributed by atoms with Gasteiger partial charge in [0.2, 0.25) is 5.88 Å². The lowest BCUT2D eigenvalue weighted by Crippen LogP contribution is -2.18. The van der Waals surface area contributed by atoms with E-state index in [1.807, 2.05) is 0 Å². The zero-order valence-electron chi connectivity index (χ0n) is 6.97. The molecule has 0 saturated carbocycles. The summed E-state index contributed by atoms with van der Waals surface area (Å²) in [7, 11) is 0. The minimum absolute atomic E-state index is 0.0152. The van der Waals surface area contributed by atoms with Crippen LogP contribution < -0.4 is 10.5 Å². The summed E-state index contributed by atoms with van der Waals surface area (Å²) in [5, 5.41) is 8.56. The number of pyridine rings is 1. The van der Waals surface area contributed by atoms with Crippen molar-refractivity contribution < 1.29 is 17.9 Å².